The van der Waals surface area contributed by atoms with Crippen LogP contribution in [0.25, 0.3) is 11.0 Å². The minimum absolute atomic E-state index is 0.00373. The fourth-order valence-electron chi connectivity index (χ4n) is 2.00. The second kappa shape index (κ2) is 5.78. The van der Waals surface area contributed by atoms with E-state index >= 15 is 0 Å². The van der Waals surface area contributed by atoms with Gasteiger partial charge in [-0.05, 0) is 24.6 Å². The maximum absolute atomic E-state index is 12.0. The number of aryl methyl sites for hydroxylation is 1. The Balaban J connectivity index is 2.57. The summed E-state index contributed by atoms with van der Waals surface area (Å²) in [7, 11) is 0. The Bertz CT molecular complexity index is 623. The molecular formula is C15H17BrN2O. The first kappa shape index (κ1) is 14.1. The Kier molecular flexibility index (Phi) is 4.30. The van der Waals surface area contributed by atoms with Crippen molar-refractivity contribution in [2.75, 3.05) is 0 Å². The van der Waals surface area contributed by atoms with Crippen molar-refractivity contribution in [1.82, 2.24) is 9.97 Å². The quantitative estimate of drug-likeness (QED) is 0.633. The summed E-state index contributed by atoms with van der Waals surface area (Å²) in [4.78, 5) is 21.2. The maximum Gasteiger partial charge on any atom is 0.165 e. The molecule has 2 aromatic rings. The summed E-state index contributed by atoms with van der Waals surface area (Å²) >= 11 is 3.44. The van der Waals surface area contributed by atoms with Crippen LogP contribution in [0.5, 0.6) is 0 Å². The number of fused-ring (bicyclic) bond motifs is 1. The van der Waals surface area contributed by atoms with Gasteiger partial charge in [0, 0.05) is 16.8 Å². The average molecular weight is 321 g/mol. The van der Waals surface area contributed by atoms with Crippen molar-refractivity contribution >= 4 is 32.7 Å². The molecule has 0 amide bonds. The van der Waals surface area contributed by atoms with Crippen molar-refractivity contribution in [3.05, 3.63) is 35.2 Å². The highest BCUT2D eigenvalue weighted by Gasteiger charge is 2.12. The fraction of sp³-hybridized carbons (Fsp3) is 0.400. The van der Waals surface area contributed by atoms with Crippen LogP contribution in [0.1, 0.15) is 42.5 Å². The largest absolute Gasteiger partial charge is 0.294 e. The number of alkyl halides is 1. The van der Waals surface area contributed by atoms with Crippen LogP contribution in [0.2, 0.25) is 0 Å². The Hall–Kier alpha value is -1.29. The summed E-state index contributed by atoms with van der Waals surface area (Å²) in [6.07, 6.45) is 0.858. The van der Waals surface area contributed by atoms with Crippen LogP contribution in [0.3, 0.4) is 0 Å². The number of rotatable bonds is 4. The number of aromatic nitrogens is 2. The summed E-state index contributed by atoms with van der Waals surface area (Å²) in [5.41, 5.74) is 4.30. The predicted molar refractivity (Wildman–Crippen MR) is 80.7 cm³/mol. The Morgan fingerprint density at radius 2 is 1.89 bits per heavy atom. The van der Waals surface area contributed by atoms with E-state index in [4.69, 9.17) is 0 Å². The fourth-order valence-corrected chi connectivity index (χ4v) is 2.45. The molecule has 0 spiro atoms. The third kappa shape index (κ3) is 2.84. The van der Waals surface area contributed by atoms with Gasteiger partial charge < -0.3 is 0 Å². The monoisotopic (exact) mass is 320 g/mol. The van der Waals surface area contributed by atoms with E-state index in [0.29, 0.717) is 10.9 Å². The zero-order chi connectivity index (χ0) is 14.0. The molecule has 0 saturated carbocycles. The van der Waals surface area contributed by atoms with Crippen LogP contribution < -0.4 is 0 Å². The first-order valence-corrected chi connectivity index (χ1v) is 7.58. The van der Waals surface area contributed by atoms with E-state index < -0.39 is 0 Å². The van der Waals surface area contributed by atoms with E-state index in [0.717, 1.165) is 28.8 Å². The lowest BCUT2D eigenvalue weighted by Crippen LogP contribution is -2.08. The second-order valence-corrected chi connectivity index (χ2v) is 5.39. The van der Waals surface area contributed by atoms with Gasteiger partial charge in [0.25, 0.3) is 0 Å². The third-order valence-electron chi connectivity index (χ3n) is 3.09. The third-order valence-corrected chi connectivity index (χ3v) is 3.62. The number of carbonyl (C=O) groups excluding carboxylic acids is 1. The first-order valence-electron chi connectivity index (χ1n) is 6.46. The molecule has 0 unspecified atom stereocenters. The van der Waals surface area contributed by atoms with Gasteiger partial charge >= 0.3 is 0 Å². The van der Waals surface area contributed by atoms with Crippen LogP contribution in [-0.2, 0) is 11.8 Å². The molecule has 0 atom stereocenters. The van der Waals surface area contributed by atoms with Crippen molar-refractivity contribution in [1.29, 1.82) is 0 Å². The zero-order valence-corrected chi connectivity index (χ0v) is 13.0. The van der Waals surface area contributed by atoms with Crippen molar-refractivity contribution in [3.8, 4) is 0 Å². The number of carbonyl (C=O) groups is 1. The number of Topliss-reactive ketones (excluding diaryl/α,β-unsaturated/α-hetero) is 1. The minimum atomic E-state index is -0.00373. The van der Waals surface area contributed by atoms with Crippen LogP contribution >= 0.6 is 15.9 Å². The molecule has 3 nitrogen and oxygen atoms in total. The number of ketones is 1. The van der Waals surface area contributed by atoms with E-state index in [9.17, 15) is 4.79 Å². The maximum atomic E-state index is 12.0. The number of hydrogen-bond acceptors (Lipinski definition) is 3. The minimum Gasteiger partial charge on any atom is -0.294 e. The van der Waals surface area contributed by atoms with Gasteiger partial charge in [0.15, 0.2) is 5.78 Å². The molecule has 0 aliphatic rings. The first-order chi connectivity index (χ1) is 9.06. The standard InChI is InChI=1S/C15H17BrN2O/c1-4-11-14(8-16)18-13-7-10(15(19)9(2)3)5-6-12(13)17-11/h5-7,9H,4,8H2,1-3H3. The Labute approximate surface area is 121 Å². The Morgan fingerprint density at radius 1 is 1.21 bits per heavy atom. The lowest BCUT2D eigenvalue weighted by molar-refractivity contribution is 0.0939. The van der Waals surface area contributed by atoms with E-state index in [1.54, 1.807) is 0 Å². The second-order valence-electron chi connectivity index (χ2n) is 4.83. The summed E-state index contributed by atoms with van der Waals surface area (Å²) < 4.78 is 0. The molecule has 0 bridgehead atoms. The summed E-state index contributed by atoms with van der Waals surface area (Å²) in [6, 6.07) is 5.57. The summed E-state index contributed by atoms with van der Waals surface area (Å²) in [6.45, 7) is 5.88. The van der Waals surface area contributed by atoms with Gasteiger partial charge in [-0.2, -0.15) is 0 Å². The van der Waals surface area contributed by atoms with Gasteiger partial charge in [-0.25, -0.2) is 9.97 Å². The van der Waals surface area contributed by atoms with Crippen molar-refractivity contribution < 1.29 is 4.79 Å². The van der Waals surface area contributed by atoms with Gasteiger partial charge in [0.2, 0.25) is 0 Å². The van der Waals surface area contributed by atoms with Crippen LogP contribution in [0.15, 0.2) is 18.2 Å². The lowest BCUT2D eigenvalue weighted by Gasteiger charge is -2.08. The van der Waals surface area contributed by atoms with Crippen LogP contribution in [-0.4, -0.2) is 15.8 Å². The number of hydrogen-bond donors (Lipinski definition) is 0. The number of benzene rings is 1. The number of nitrogens with zero attached hydrogens (tertiary/aromatic N) is 2. The highest BCUT2D eigenvalue weighted by molar-refractivity contribution is 9.08. The highest BCUT2D eigenvalue weighted by atomic mass is 79.9. The SMILES string of the molecule is CCc1nc2ccc(C(=O)C(C)C)cc2nc1CBr. The predicted octanol–water partition coefficient (Wildman–Crippen LogP) is 3.93. The van der Waals surface area contributed by atoms with Gasteiger partial charge in [0.1, 0.15) is 0 Å². The topological polar surface area (TPSA) is 42.9 Å². The highest BCUT2D eigenvalue weighted by Crippen LogP contribution is 2.19. The molecule has 2 rings (SSSR count). The molecule has 19 heavy (non-hydrogen) atoms. The molecule has 1 heterocycles. The summed E-state index contributed by atoms with van der Waals surface area (Å²) in [5, 5.41) is 0.682. The molecule has 0 aliphatic carbocycles. The van der Waals surface area contributed by atoms with Crippen molar-refractivity contribution in [2.24, 2.45) is 5.92 Å². The van der Waals surface area contributed by atoms with Gasteiger partial charge in [0.05, 0.1) is 22.4 Å². The molecule has 100 valence electrons. The summed E-state index contributed by atoms with van der Waals surface area (Å²) in [5.74, 6) is 0.139. The molecular weight excluding hydrogens is 304 g/mol. The van der Waals surface area contributed by atoms with Crippen molar-refractivity contribution in [2.45, 2.75) is 32.5 Å². The zero-order valence-electron chi connectivity index (χ0n) is 11.4. The van der Waals surface area contributed by atoms with Gasteiger partial charge in [-0.1, -0.05) is 36.7 Å². The molecule has 4 heteroatoms. The van der Waals surface area contributed by atoms with E-state index in [2.05, 4.69) is 32.8 Å². The average Bonchev–Trinajstić information content (AvgIpc) is 2.44. The van der Waals surface area contributed by atoms with Crippen molar-refractivity contribution in [3.63, 3.8) is 0 Å². The molecule has 0 saturated heterocycles. The molecule has 0 N–H and O–H groups in total. The number of halogens is 1. The van der Waals surface area contributed by atoms with E-state index in [-0.39, 0.29) is 11.7 Å². The van der Waals surface area contributed by atoms with E-state index in [1.165, 1.54) is 0 Å². The molecule has 0 fully saturated rings. The van der Waals surface area contributed by atoms with E-state index in [1.807, 2.05) is 32.0 Å². The molecule has 1 aromatic heterocycles. The lowest BCUT2D eigenvalue weighted by atomic mass is 10.0. The smallest absolute Gasteiger partial charge is 0.165 e. The molecule has 1 aromatic carbocycles. The molecule has 0 radical (unpaired) electrons. The normalized spacial score (nSPS) is 11.2. The van der Waals surface area contributed by atoms with Gasteiger partial charge in [-0.15, -0.1) is 0 Å². The van der Waals surface area contributed by atoms with Crippen LogP contribution in [0.4, 0.5) is 0 Å². The van der Waals surface area contributed by atoms with Gasteiger partial charge in [-0.3, -0.25) is 4.79 Å². The molecule has 0 aliphatic heterocycles. The Morgan fingerprint density at radius 3 is 2.47 bits per heavy atom. The van der Waals surface area contributed by atoms with Crippen LogP contribution in [0, 0.1) is 5.92 Å².